The number of nitrogens with two attached hydrogens (primary N) is 1. The van der Waals surface area contributed by atoms with Crippen LogP contribution in [0.25, 0.3) is 0 Å². The van der Waals surface area contributed by atoms with Gasteiger partial charge in [-0.25, -0.2) is 0 Å². The highest BCUT2D eigenvalue weighted by Gasteiger charge is 2.22. The molecule has 19 heavy (non-hydrogen) atoms. The molecule has 0 aromatic carbocycles. The fourth-order valence-electron chi connectivity index (χ4n) is 2.18. The number of carbonyl (C=O) groups is 1. The minimum absolute atomic E-state index is 0.183. The Labute approximate surface area is 114 Å². The van der Waals surface area contributed by atoms with Crippen LogP contribution in [0.2, 0.25) is 0 Å². The van der Waals surface area contributed by atoms with Gasteiger partial charge in [-0.1, -0.05) is 6.92 Å². The maximum atomic E-state index is 11.3. The molecule has 1 rings (SSSR count). The summed E-state index contributed by atoms with van der Waals surface area (Å²) in [6.45, 7) is 9.98. The number of rotatable bonds is 7. The number of carbonyl (C=O) groups excluding carboxylic acids is 1. The van der Waals surface area contributed by atoms with Gasteiger partial charge in [0.25, 0.3) is 0 Å². The molecule has 0 fully saturated rings. The van der Waals surface area contributed by atoms with E-state index in [0.717, 1.165) is 30.2 Å². The lowest BCUT2D eigenvalue weighted by Crippen LogP contribution is -2.40. The zero-order valence-electron chi connectivity index (χ0n) is 12.5. The van der Waals surface area contributed by atoms with E-state index < -0.39 is 0 Å². The molecule has 1 aromatic rings. The Bertz CT molecular complexity index is 438. The van der Waals surface area contributed by atoms with Gasteiger partial charge in [-0.3, -0.25) is 9.48 Å². The van der Waals surface area contributed by atoms with Crippen molar-refractivity contribution in [3.63, 3.8) is 0 Å². The van der Waals surface area contributed by atoms with Gasteiger partial charge in [-0.05, 0) is 27.3 Å². The molecule has 6 heteroatoms. The molecule has 1 amide bonds. The van der Waals surface area contributed by atoms with E-state index in [-0.39, 0.29) is 18.5 Å². The summed E-state index contributed by atoms with van der Waals surface area (Å²) in [4.78, 5) is 13.3. The molecule has 0 saturated carbocycles. The molecule has 3 N–H and O–H groups in total. The summed E-state index contributed by atoms with van der Waals surface area (Å²) in [6, 6.07) is 0.183. The van der Waals surface area contributed by atoms with Gasteiger partial charge in [0.15, 0.2) is 0 Å². The molecule has 1 aromatic heterocycles. The Hall–Kier alpha value is -1.56. The van der Waals surface area contributed by atoms with E-state index in [9.17, 15) is 4.79 Å². The molecule has 0 radical (unpaired) electrons. The summed E-state index contributed by atoms with van der Waals surface area (Å²) in [6.07, 6.45) is 0. The summed E-state index contributed by atoms with van der Waals surface area (Å²) in [5.41, 5.74) is 7.45. The molecular weight excluding hydrogens is 242 g/mol. The maximum absolute atomic E-state index is 11.3. The monoisotopic (exact) mass is 267 g/mol. The van der Waals surface area contributed by atoms with Crippen molar-refractivity contribution in [3.8, 4) is 0 Å². The van der Waals surface area contributed by atoms with E-state index in [1.165, 1.54) is 0 Å². The molecule has 0 bridgehead atoms. The maximum Gasteiger partial charge on any atom is 0.237 e. The summed E-state index contributed by atoms with van der Waals surface area (Å²) >= 11 is 0. The third-order valence-electron chi connectivity index (χ3n) is 3.09. The third kappa shape index (κ3) is 3.70. The first-order valence-electron chi connectivity index (χ1n) is 6.66. The highest BCUT2D eigenvalue weighted by Crippen LogP contribution is 2.24. The number of aromatic nitrogens is 2. The van der Waals surface area contributed by atoms with E-state index in [2.05, 4.69) is 17.3 Å². The van der Waals surface area contributed by atoms with Crippen molar-refractivity contribution in [1.29, 1.82) is 0 Å². The van der Waals surface area contributed by atoms with Crippen molar-refractivity contribution in [2.75, 3.05) is 18.0 Å². The van der Waals surface area contributed by atoms with Crippen LogP contribution >= 0.6 is 0 Å². The van der Waals surface area contributed by atoms with Gasteiger partial charge in [0.1, 0.15) is 5.82 Å². The Kier molecular flexibility index (Phi) is 5.35. The number of primary amides is 1. The molecule has 0 saturated heterocycles. The molecule has 0 spiro atoms. The number of aryl methyl sites for hydroxylation is 2. The number of hydrogen-bond acceptors (Lipinski definition) is 4. The Morgan fingerprint density at radius 1 is 1.53 bits per heavy atom. The van der Waals surface area contributed by atoms with Crippen molar-refractivity contribution in [2.45, 2.75) is 40.3 Å². The van der Waals surface area contributed by atoms with Crippen LogP contribution in [-0.4, -0.2) is 34.8 Å². The van der Waals surface area contributed by atoms with Gasteiger partial charge >= 0.3 is 0 Å². The van der Waals surface area contributed by atoms with Gasteiger partial charge in [0, 0.05) is 25.2 Å². The van der Waals surface area contributed by atoms with Gasteiger partial charge < -0.3 is 16.0 Å². The summed E-state index contributed by atoms with van der Waals surface area (Å²) in [5, 5.41) is 7.77. The molecule has 0 unspecified atom stereocenters. The van der Waals surface area contributed by atoms with Gasteiger partial charge in [0.2, 0.25) is 5.91 Å². The predicted octanol–water partition coefficient (Wildman–Crippen LogP) is 0.538. The number of anilines is 1. The van der Waals surface area contributed by atoms with Crippen LogP contribution in [0.3, 0.4) is 0 Å². The van der Waals surface area contributed by atoms with Crippen LogP contribution in [0.4, 0.5) is 5.82 Å². The van der Waals surface area contributed by atoms with E-state index in [1.807, 2.05) is 37.4 Å². The van der Waals surface area contributed by atoms with Crippen LogP contribution in [0.1, 0.15) is 32.0 Å². The lowest BCUT2D eigenvalue weighted by Gasteiger charge is -2.28. The lowest BCUT2D eigenvalue weighted by molar-refractivity contribution is -0.116. The van der Waals surface area contributed by atoms with Crippen LogP contribution in [0.5, 0.6) is 0 Å². The minimum Gasteiger partial charge on any atom is -0.368 e. The fourth-order valence-corrected chi connectivity index (χ4v) is 2.18. The van der Waals surface area contributed by atoms with Crippen LogP contribution in [-0.2, 0) is 18.4 Å². The van der Waals surface area contributed by atoms with Crippen molar-refractivity contribution in [3.05, 3.63) is 11.3 Å². The summed E-state index contributed by atoms with van der Waals surface area (Å²) < 4.78 is 1.82. The Morgan fingerprint density at radius 3 is 2.63 bits per heavy atom. The van der Waals surface area contributed by atoms with Crippen molar-refractivity contribution in [1.82, 2.24) is 15.1 Å². The predicted molar refractivity (Wildman–Crippen MR) is 77.0 cm³/mol. The molecule has 0 aliphatic heterocycles. The molecular formula is C13H25N5O. The largest absolute Gasteiger partial charge is 0.368 e. The number of hydrogen-bond donors (Lipinski definition) is 2. The van der Waals surface area contributed by atoms with E-state index >= 15 is 0 Å². The fraction of sp³-hybridized carbons (Fsp3) is 0.692. The standard InChI is InChI=1S/C13H25N5O/c1-6-15-7-11-10(4)16-17(5)13(11)18(9(2)3)8-12(14)19/h9,15H,6-8H2,1-5H3,(H2,14,19). The smallest absolute Gasteiger partial charge is 0.237 e. The number of nitrogens with zero attached hydrogens (tertiary/aromatic N) is 3. The zero-order chi connectivity index (χ0) is 14.6. The first-order chi connectivity index (χ1) is 8.88. The van der Waals surface area contributed by atoms with Crippen molar-refractivity contribution in [2.24, 2.45) is 12.8 Å². The summed E-state index contributed by atoms with van der Waals surface area (Å²) in [7, 11) is 1.90. The van der Waals surface area contributed by atoms with E-state index in [4.69, 9.17) is 5.73 Å². The SMILES string of the molecule is CCNCc1c(C)nn(C)c1N(CC(N)=O)C(C)C. The highest BCUT2D eigenvalue weighted by atomic mass is 16.1. The molecule has 0 aliphatic rings. The van der Waals surface area contributed by atoms with Crippen LogP contribution in [0, 0.1) is 6.92 Å². The number of nitrogens with one attached hydrogen (secondary N) is 1. The van der Waals surface area contributed by atoms with Crippen LogP contribution in [0.15, 0.2) is 0 Å². The van der Waals surface area contributed by atoms with Gasteiger partial charge in [-0.2, -0.15) is 5.10 Å². The molecule has 1 heterocycles. The quantitative estimate of drug-likeness (QED) is 0.756. The van der Waals surface area contributed by atoms with Crippen molar-refractivity contribution < 1.29 is 4.79 Å². The average Bonchev–Trinajstić information content (AvgIpc) is 2.57. The highest BCUT2D eigenvalue weighted by molar-refractivity contribution is 5.79. The average molecular weight is 267 g/mol. The second-order valence-corrected chi connectivity index (χ2v) is 4.98. The Morgan fingerprint density at radius 2 is 2.16 bits per heavy atom. The van der Waals surface area contributed by atoms with E-state index in [0.29, 0.717) is 0 Å². The Balaban J connectivity index is 3.16. The molecule has 0 aliphatic carbocycles. The minimum atomic E-state index is -0.332. The van der Waals surface area contributed by atoms with Crippen LogP contribution < -0.4 is 16.0 Å². The van der Waals surface area contributed by atoms with E-state index in [1.54, 1.807) is 0 Å². The molecule has 0 atom stereocenters. The topological polar surface area (TPSA) is 76.2 Å². The second kappa shape index (κ2) is 6.56. The molecule has 108 valence electrons. The lowest BCUT2D eigenvalue weighted by atomic mass is 10.2. The third-order valence-corrected chi connectivity index (χ3v) is 3.09. The molecule has 6 nitrogen and oxygen atoms in total. The zero-order valence-corrected chi connectivity index (χ0v) is 12.5. The first kappa shape index (κ1) is 15.5. The van der Waals surface area contributed by atoms with Gasteiger partial charge in [-0.15, -0.1) is 0 Å². The first-order valence-corrected chi connectivity index (χ1v) is 6.66. The van der Waals surface area contributed by atoms with Crippen molar-refractivity contribution >= 4 is 11.7 Å². The van der Waals surface area contributed by atoms with Gasteiger partial charge in [0.05, 0.1) is 12.2 Å². The normalized spacial score (nSPS) is 11.1. The summed E-state index contributed by atoms with van der Waals surface area (Å²) in [5.74, 6) is 0.634. The second-order valence-electron chi connectivity index (χ2n) is 4.98. The number of amides is 1.